The molecule has 15 heavy (non-hydrogen) atoms. The van der Waals surface area contributed by atoms with Crippen LogP contribution in [0.25, 0.3) is 0 Å². The number of ether oxygens (including phenoxy) is 1. The zero-order valence-corrected chi connectivity index (χ0v) is 11.0. The van der Waals surface area contributed by atoms with Crippen LogP contribution in [0.3, 0.4) is 0 Å². The molecular weight excluding hydrogens is 186 g/mol. The first kappa shape index (κ1) is 13.0. The Morgan fingerprint density at radius 1 is 1.40 bits per heavy atom. The Hall–Kier alpha value is -0.0800. The third-order valence-corrected chi connectivity index (χ3v) is 3.84. The monoisotopic (exact) mass is 213 g/mol. The molecular formula is C13H27NO. The van der Waals surface area contributed by atoms with Crippen LogP contribution in [0.1, 0.15) is 53.9 Å². The standard InChI is InChI=1S/C13H27NO/c1-6-13(5)9-12(7-8-15-13)14-11(4)10(2)3/h10-12,14H,6-9H2,1-5H3. The molecule has 0 amide bonds. The maximum atomic E-state index is 5.85. The molecule has 3 unspecified atom stereocenters. The van der Waals surface area contributed by atoms with Crippen molar-refractivity contribution in [2.45, 2.75) is 71.6 Å². The topological polar surface area (TPSA) is 21.3 Å². The van der Waals surface area contributed by atoms with Gasteiger partial charge in [0.2, 0.25) is 0 Å². The van der Waals surface area contributed by atoms with Crippen molar-refractivity contribution >= 4 is 0 Å². The van der Waals surface area contributed by atoms with E-state index in [0.717, 1.165) is 25.9 Å². The van der Waals surface area contributed by atoms with Crippen molar-refractivity contribution in [1.82, 2.24) is 5.32 Å². The third kappa shape index (κ3) is 3.76. The third-order valence-electron chi connectivity index (χ3n) is 3.84. The second-order valence-corrected chi connectivity index (χ2v) is 5.54. The Balaban J connectivity index is 2.43. The summed E-state index contributed by atoms with van der Waals surface area (Å²) in [4.78, 5) is 0. The first-order valence-electron chi connectivity index (χ1n) is 6.37. The Morgan fingerprint density at radius 2 is 2.07 bits per heavy atom. The number of hydrogen-bond acceptors (Lipinski definition) is 2. The minimum absolute atomic E-state index is 0.104. The normalized spacial score (nSPS) is 34.4. The Kier molecular flexibility index (Phi) is 4.60. The molecule has 0 aromatic rings. The summed E-state index contributed by atoms with van der Waals surface area (Å²) >= 11 is 0. The SMILES string of the molecule is CCC1(C)CC(NC(C)C(C)C)CCO1. The van der Waals surface area contributed by atoms with Crippen LogP contribution in [0.5, 0.6) is 0 Å². The van der Waals surface area contributed by atoms with E-state index in [1.54, 1.807) is 0 Å². The lowest BCUT2D eigenvalue weighted by Crippen LogP contribution is -2.48. The molecule has 0 aliphatic carbocycles. The largest absolute Gasteiger partial charge is 0.375 e. The molecule has 0 saturated carbocycles. The van der Waals surface area contributed by atoms with Gasteiger partial charge in [-0.2, -0.15) is 0 Å². The zero-order valence-electron chi connectivity index (χ0n) is 11.0. The van der Waals surface area contributed by atoms with Crippen LogP contribution in [0.4, 0.5) is 0 Å². The van der Waals surface area contributed by atoms with Gasteiger partial charge in [-0.05, 0) is 39.0 Å². The molecule has 1 aliphatic rings. The molecule has 1 fully saturated rings. The van der Waals surface area contributed by atoms with Crippen molar-refractivity contribution in [2.75, 3.05) is 6.61 Å². The van der Waals surface area contributed by atoms with E-state index >= 15 is 0 Å². The summed E-state index contributed by atoms with van der Waals surface area (Å²) in [6.45, 7) is 12.2. The van der Waals surface area contributed by atoms with E-state index in [-0.39, 0.29) is 5.60 Å². The van der Waals surface area contributed by atoms with Crippen LogP contribution in [0, 0.1) is 5.92 Å². The molecule has 2 nitrogen and oxygen atoms in total. The molecule has 0 bridgehead atoms. The van der Waals surface area contributed by atoms with Gasteiger partial charge in [-0.15, -0.1) is 0 Å². The van der Waals surface area contributed by atoms with Gasteiger partial charge in [-0.3, -0.25) is 0 Å². The van der Waals surface area contributed by atoms with Gasteiger partial charge in [0.1, 0.15) is 0 Å². The highest BCUT2D eigenvalue weighted by atomic mass is 16.5. The second-order valence-electron chi connectivity index (χ2n) is 5.54. The van der Waals surface area contributed by atoms with E-state index in [1.807, 2.05) is 0 Å². The van der Waals surface area contributed by atoms with Crippen molar-refractivity contribution in [1.29, 1.82) is 0 Å². The lowest BCUT2D eigenvalue weighted by atomic mass is 9.89. The molecule has 90 valence electrons. The van der Waals surface area contributed by atoms with Gasteiger partial charge in [0, 0.05) is 18.7 Å². The highest BCUT2D eigenvalue weighted by Gasteiger charge is 2.32. The number of hydrogen-bond donors (Lipinski definition) is 1. The van der Waals surface area contributed by atoms with E-state index in [0.29, 0.717) is 18.0 Å². The fraction of sp³-hybridized carbons (Fsp3) is 1.00. The molecule has 2 heteroatoms. The predicted octanol–water partition coefficient (Wildman–Crippen LogP) is 2.97. The summed E-state index contributed by atoms with van der Waals surface area (Å²) in [5.74, 6) is 0.709. The predicted molar refractivity (Wildman–Crippen MR) is 65.1 cm³/mol. The summed E-state index contributed by atoms with van der Waals surface area (Å²) in [6.07, 6.45) is 3.43. The van der Waals surface area contributed by atoms with Crippen LogP contribution >= 0.6 is 0 Å². The lowest BCUT2D eigenvalue weighted by Gasteiger charge is -2.39. The first-order chi connectivity index (χ1) is 6.97. The van der Waals surface area contributed by atoms with Gasteiger partial charge in [0.25, 0.3) is 0 Å². The molecule has 1 rings (SSSR count). The fourth-order valence-electron chi connectivity index (χ4n) is 2.08. The number of rotatable bonds is 4. The second kappa shape index (κ2) is 5.31. The van der Waals surface area contributed by atoms with E-state index < -0.39 is 0 Å². The van der Waals surface area contributed by atoms with E-state index in [9.17, 15) is 0 Å². The average Bonchev–Trinajstić information content (AvgIpc) is 2.18. The smallest absolute Gasteiger partial charge is 0.0666 e. The van der Waals surface area contributed by atoms with Crippen molar-refractivity contribution < 1.29 is 4.74 Å². The molecule has 0 radical (unpaired) electrons. The zero-order chi connectivity index (χ0) is 11.5. The van der Waals surface area contributed by atoms with Crippen molar-refractivity contribution in [3.05, 3.63) is 0 Å². The molecule has 1 heterocycles. The van der Waals surface area contributed by atoms with Gasteiger partial charge in [-0.1, -0.05) is 20.8 Å². The summed E-state index contributed by atoms with van der Waals surface area (Å²) in [7, 11) is 0. The lowest BCUT2D eigenvalue weighted by molar-refractivity contribution is -0.0794. The average molecular weight is 213 g/mol. The van der Waals surface area contributed by atoms with Crippen molar-refractivity contribution in [3.8, 4) is 0 Å². The highest BCUT2D eigenvalue weighted by molar-refractivity contribution is 4.86. The molecule has 1 N–H and O–H groups in total. The Morgan fingerprint density at radius 3 is 2.60 bits per heavy atom. The molecule has 0 spiro atoms. The summed E-state index contributed by atoms with van der Waals surface area (Å²) in [6, 6.07) is 1.25. The molecule has 1 aliphatic heterocycles. The van der Waals surface area contributed by atoms with Gasteiger partial charge in [0.15, 0.2) is 0 Å². The summed E-state index contributed by atoms with van der Waals surface area (Å²) in [5, 5.41) is 3.73. The van der Waals surface area contributed by atoms with Crippen LogP contribution in [-0.2, 0) is 4.74 Å². The van der Waals surface area contributed by atoms with Crippen molar-refractivity contribution in [2.24, 2.45) is 5.92 Å². The van der Waals surface area contributed by atoms with Crippen LogP contribution in [-0.4, -0.2) is 24.3 Å². The summed E-state index contributed by atoms with van der Waals surface area (Å²) in [5.41, 5.74) is 0.104. The van der Waals surface area contributed by atoms with Crippen LogP contribution in [0.15, 0.2) is 0 Å². The van der Waals surface area contributed by atoms with E-state index in [2.05, 4.69) is 39.9 Å². The van der Waals surface area contributed by atoms with Crippen molar-refractivity contribution in [3.63, 3.8) is 0 Å². The first-order valence-corrected chi connectivity index (χ1v) is 6.37. The molecule has 0 aromatic heterocycles. The number of nitrogens with one attached hydrogen (secondary N) is 1. The molecule has 1 saturated heterocycles. The Bertz CT molecular complexity index is 193. The minimum atomic E-state index is 0.104. The van der Waals surface area contributed by atoms with Crippen LogP contribution in [0.2, 0.25) is 0 Å². The maximum Gasteiger partial charge on any atom is 0.0666 e. The quantitative estimate of drug-likeness (QED) is 0.775. The van der Waals surface area contributed by atoms with E-state index in [4.69, 9.17) is 4.74 Å². The molecule has 3 atom stereocenters. The van der Waals surface area contributed by atoms with Gasteiger partial charge in [0.05, 0.1) is 5.60 Å². The van der Waals surface area contributed by atoms with Gasteiger partial charge in [-0.25, -0.2) is 0 Å². The highest BCUT2D eigenvalue weighted by Crippen LogP contribution is 2.28. The van der Waals surface area contributed by atoms with Gasteiger partial charge >= 0.3 is 0 Å². The van der Waals surface area contributed by atoms with Gasteiger partial charge < -0.3 is 10.1 Å². The maximum absolute atomic E-state index is 5.85. The van der Waals surface area contributed by atoms with E-state index in [1.165, 1.54) is 0 Å². The minimum Gasteiger partial charge on any atom is -0.375 e. The Labute approximate surface area is 94.8 Å². The van der Waals surface area contributed by atoms with Crippen LogP contribution < -0.4 is 5.32 Å². The summed E-state index contributed by atoms with van der Waals surface area (Å²) < 4.78 is 5.85. The fourth-order valence-corrected chi connectivity index (χ4v) is 2.08. The molecule has 0 aromatic carbocycles.